The molecular weight excluding hydrogens is 279 g/mol. The van der Waals surface area contributed by atoms with Crippen LogP contribution in [0.1, 0.15) is 18.1 Å². The average molecular weight is 288 g/mol. The Balaban J connectivity index is 2.26. The van der Waals surface area contributed by atoms with Gasteiger partial charge < -0.3 is 4.74 Å². The SMILES string of the molecule is O=C1C=COC(c2ccc(Br)c(Cl)c2)C1. The van der Waals surface area contributed by atoms with Crippen LogP contribution in [0.3, 0.4) is 0 Å². The number of rotatable bonds is 1. The van der Waals surface area contributed by atoms with Gasteiger partial charge in [0.2, 0.25) is 0 Å². The predicted molar refractivity (Wildman–Crippen MR) is 61.7 cm³/mol. The van der Waals surface area contributed by atoms with Gasteiger partial charge in [0, 0.05) is 10.5 Å². The van der Waals surface area contributed by atoms with E-state index in [1.165, 1.54) is 12.3 Å². The van der Waals surface area contributed by atoms with Crippen LogP contribution in [0.15, 0.2) is 35.0 Å². The Bertz CT molecular complexity index is 429. The lowest BCUT2D eigenvalue weighted by atomic mass is 10.0. The Morgan fingerprint density at radius 3 is 2.93 bits per heavy atom. The van der Waals surface area contributed by atoms with E-state index in [1.54, 1.807) is 0 Å². The van der Waals surface area contributed by atoms with Crippen LogP contribution in [0.5, 0.6) is 0 Å². The molecule has 1 atom stereocenters. The lowest BCUT2D eigenvalue weighted by Gasteiger charge is -2.19. The average Bonchev–Trinajstić information content (AvgIpc) is 2.22. The van der Waals surface area contributed by atoms with Gasteiger partial charge in [0.1, 0.15) is 6.10 Å². The molecule has 0 radical (unpaired) electrons. The zero-order valence-corrected chi connectivity index (χ0v) is 10.1. The number of allylic oxidation sites excluding steroid dienone is 1. The first-order valence-electron chi connectivity index (χ1n) is 4.46. The van der Waals surface area contributed by atoms with E-state index in [0.717, 1.165) is 10.0 Å². The number of hydrogen-bond donors (Lipinski definition) is 0. The highest BCUT2D eigenvalue weighted by Gasteiger charge is 2.19. The van der Waals surface area contributed by atoms with Crippen LogP contribution in [-0.2, 0) is 9.53 Å². The number of hydrogen-bond acceptors (Lipinski definition) is 2. The lowest BCUT2D eigenvalue weighted by molar-refractivity contribution is -0.118. The molecular formula is C11H8BrClO2. The van der Waals surface area contributed by atoms with Crippen molar-refractivity contribution in [3.05, 3.63) is 45.6 Å². The fourth-order valence-corrected chi connectivity index (χ4v) is 1.85. The molecule has 0 fully saturated rings. The molecule has 1 aliphatic heterocycles. The molecule has 0 aromatic heterocycles. The van der Waals surface area contributed by atoms with E-state index in [2.05, 4.69) is 15.9 Å². The second-order valence-electron chi connectivity index (χ2n) is 3.27. The minimum atomic E-state index is -0.215. The molecule has 0 N–H and O–H groups in total. The first-order chi connectivity index (χ1) is 7.16. The van der Waals surface area contributed by atoms with Crippen LogP contribution in [-0.4, -0.2) is 5.78 Å². The van der Waals surface area contributed by atoms with Crippen molar-refractivity contribution in [1.82, 2.24) is 0 Å². The van der Waals surface area contributed by atoms with Gasteiger partial charge in [-0.15, -0.1) is 0 Å². The van der Waals surface area contributed by atoms with Crippen molar-refractivity contribution in [3.63, 3.8) is 0 Å². The predicted octanol–water partition coefficient (Wildman–Crippen LogP) is 3.65. The molecule has 4 heteroatoms. The van der Waals surface area contributed by atoms with E-state index in [9.17, 15) is 4.79 Å². The summed E-state index contributed by atoms with van der Waals surface area (Å²) in [4.78, 5) is 11.2. The van der Waals surface area contributed by atoms with Gasteiger partial charge in [0.15, 0.2) is 5.78 Å². The van der Waals surface area contributed by atoms with Crippen LogP contribution >= 0.6 is 27.5 Å². The minimum absolute atomic E-state index is 0.0743. The summed E-state index contributed by atoms with van der Waals surface area (Å²) in [6.45, 7) is 0. The van der Waals surface area contributed by atoms with Crippen molar-refractivity contribution < 1.29 is 9.53 Å². The molecule has 1 aliphatic rings. The number of ether oxygens (including phenoxy) is 1. The molecule has 0 amide bonds. The molecule has 0 saturated heterocycles. The van der Waals surface area contributed by atoms with E-state index in [4.69, 9.17) is 16.3 Å². The maximum absolute atomic E-state index is 11.2. The molecule has 78 valence electrons. The van der Waals surface area contributed by atoms with Gasteiger partial charge >= 0.3 is 0 Å². The van der Waals surface area contributed by atoms with Gasteiger partial charge in [-0.3, -0.25) is 4.79 Å². The lowest BCUT2D eigenvalue weighted by Crippen LogP contribution is -2.11. The van der Waals surface area contributed by atoms with Crippen LogP contribution in [0.25, 0.3) is 0 Å². The summed E-state index contributed by atoms with van der Waals surface area (Å²) in [6.07, 6.45) is 3.03. The summed E-state index contributed by atoms with van der Waals surface area (Å²) in [5.74, 6) is 0.0743. The fourth-order valence-electron chi connectivity index (χ4n) is 1.42. The minimum Gasteiger partial charge on any atom is -0.493 e. The topological polar surface area (TPSA) is 26.3 Å². The number of carbonyl (C=O) groups is 1. The van der Waals surface area contributed by atoms with Crippen molar-refractivity contribution in [2.45, 2.75) is 12.5 Å². The summed E-state index contributed by atoms with van der Waals surface area (Å²) in [5.41, 5.74) is 0.918. The molecule has 1 aromatic rings. The first-order valence-corrected chi connectivity index (χ1v) is 5.63. The summed E-state index contributed by atoms with van der Waals surface area (Å²) in [7, 11) is 0. The second-order valence-corrected chi connectivity index (χ2v) is 4.53. The Morgan fingerprint density at radius 2 is 2.27 bits per heavy atom. The smallest absolute Gasteiger partial charge is 0.162 e. The van der Waals surface area contributed by atoms with Crippen LogP contribution in [0, 0.1) is 0 Å². The Morgan fingerprint density at radius 1 is 1.47 bits per heavy atom. The van der Waals surface area contributed by atoms with Crippen molar-refractivity contribution in [1.29, 1.82) is 0 Å². The molecule has 2 nitrogen and oxygen atoms in total. The standard InChI is InChI=1S/C11H8BrClO2/c12-9-2-1-7(5-10(9)13)11-6-8(14)3-4-15-11/h1-5,11H,6H2. The second kappa shape index (κ2) is 4.37. The van der Waals surface area contributed by atoms with Crippen molar-refractivity contribution >= 4 is 33.3 Å². The summed E-state index contributed by atoms with van der Waals surface area (Å²) in [5, 5.41) is 0.623. The highest BCUT2D eigenvalue weighted by molar-refractivity contribution is 9.10. The quantitative estimate of drug-likeness (QED) is 0.788. The monoisotopic (exact) mass is 286 g/mol. The van der Waals surface area contributed by atoms with Crippen LogP contribution in [0.4, 0.5) is 0 Å². The summed E-state index contributed by atoms with van der Waals surface area (Å²) in [6, 6.07) is 5.56. The third kappa shape index (κ3) is 2.41. The third-order valence-electron chi connectivity index (χ3n) is 2.20. The molecule has 1 unspecified atom stereocenters. The van der Waals surface area contributed by atoms with Gasteiger partial charge in [-0.2, -0.15) is 0 Å². The Hall–Kier alpha value is -0.800. The molecule has 1 heterocycles. The normalized spacial score (nSPS) is 20.1. The van der Waals surface area contributed by atoms with E-state index < -0.39 is 0 Å². The van der Waals surface area contributed by atoms with E-state index in [0.29, 0.717) is 11.4 Å². The van der Waals surface area contributed by atoms with Gasteiger partial charge in [0.05, 0.1) is 17.7 Å². The molecule has 2 rings (SSSR count). The van der Waals surface area contributed by atoms with Gasteiger partial charge in [-0.05, 0) is 33.6 Å². The summed E-state index contributed by atoms with van der Waals surface area (Å²) < 4.78 is 6.19. The first kappa shape index (κ1) is 10.7. The molecule has 0 spiro atoms. The highest BCUT2D eigenvalue weighted by atomic mass is 79.9. The van der Waals surface area contributed by atoms with Gasteiger partial charge in [0.25, 0.3) is 0 Å². The molecule has 0 aliphatic carbocycles. The Labute approximate surface area is 101 Å². The highest BCUT2D eigenvalue weighted by Crippen LogP contribution is 2.30. The Kier molecular flexibility index (Phi) is 3.12. The largest absolute Gasteiger partial charge is 0.493 e. The van der Waals surface area contributed by atoms with Crippen molar-refractivity contribution in [3.8, 4) is 0 Å². The van der Waals surface area contributed by atoms with Crippen molar-refractivity contribution in [2.24, 2.45) is 0 Å². The number of benzene rings is 1. The fraction of sp³-hybridized carbons (Fsp3) is 0.182. The van der Waals surface area contributed by atoms with Crippen LogP contribution < -0.4 is 0 Å². The molecule has 15 heavy (non-hydrogen) atoms. The van der Waals surface area contributed by atoms with Crippen molar-refractivity contribution in [2.75, 3.05) is 0 Å². The molecule has 0 bridgehead atoms. The molecule has 1 aromatic carbocycles. The summed E-state index contributed by atoms with van der Waals surface area (Å²) >= 11 is 9.28. The molecule has 0 saturated carbocycles. The maximum atomic E-state index is 11.2. The van der Waals surface area contributed by atoms with Gasteiger partial charge in [-0.1, -0.05) is 17.7 Å². The third-order valence-corrected chi connectivity index (χ3v) is 3.43. The van der Waals surface area contributed by atoms with E-state index in [1.807, 2.05) is 18.2 Å². The number of ketones is 1. The zero-order chi connectivity index (χ0) is 10.8. The number of carbonyl (C=O) groups excluding carboxylic acids is 1. The van der Waals surface area contributed by atoms with E-state index >= 15 is 0 Å². The maximum Gasteiger partial charge on any atom is 0.162 e. The van der Waals surface area contributed by atoms with Gasteiger partial charge in [-0.25, -0.2) is 0 Å². The zero-order valence-electron chi connectivity index (χ0n) is 7.74. The van der Waals surface area contributed by atoms with E-state index in [-0.39, 0.29) is 11.9 Å². The number of halogens is 2. The van der Waals surface area contributed by atoms with Crippen LogP contribution in [0.2, 0.25) is 5.02 Å².